The molecule has 0 bridgehead atoms. The Morgan fingerprint density at radius 2 is 2.00 bits per heavy atom. The molecule has 0 atom stereocenters. The summed E-state index contributed by atoms with van der Waals surface area (Å²) in [7, 11) is 0. The van der Waals surface area contributed by atoms with Crippen molar-refractivity contribution in [3.63, 3.8) is 0 Å². The first kappa shape index (κ1) is 14.3. The lowest BCUT2D eigenvalue weighted by molar-refractivity contribution is 0.682. The Bertz CT molecular complexity index is 526. The van der Waals surface area contributed by atoms with Gasteiger partial charge in [-0.1, -0.05) is 38.3 Å². The van der Waals surface area contributed by atoms with Gasteiger partial charge in [0.25, 0.3) is 0 Å². The highest BCUT2D eigenvalue weighted by molar-refractivity contribution is 5.83. The lowest BCUT2D eigenvalue weighted by Gasteiger charge is -2.02. The molecule has 4 heteroatoms. The summed E-state index contributed by atoms with van der Waals surface area (Å²) in [5.41, 5.74) is 8.97. The predicted molar refractivity (Wildman–Crippen MR) is 84.1 cm³/mol. The number of aromatic amines is 1. The molecule has 0 amide bonds. The smallest absolute Gasteiger partial charge is 0.0996 e. The Labute approximate surface area is 120 Å². The van der Waals surface area contributed by atoms with Crippen molar-refractivity contribution in [3.05, 3.63) is 36.8 Å². The molecule has 0 fully saturated rings. The summed E-state index contributed by atoms with van der Waals surface area (Å²) < 4.78 is 0. The summed E-state index contributed by atoms with van der Waals surface area (Å²) in [5, 5.41) is 0. The standard InChI is InChI=1S/C16H22N4/c1-2-3-4-5-6-16(17)20-14-9-7-13(8-10-14)15-11-18-12-19-15/h7-12H,2-6H2,1H3,(H2,17,20)(H,18,19). The number of benzene rings is 1. The maximum absolute atomic E-state index is 5.95. The fourth-order valence-corrected chi connectivity index (χ4v) is 2.08. The highest BCUT2D eigenvalue weighted by Gasteiger charge is 1.99. The lowest BCUT2D eigenvalue weighted by Crippen LogP contribution is -2.10. The summed E-state index contributed by atoms with van der Waals surface area (Å²) >= 11 is 0. The van der Waals surface area contributed by atoms with Crippen molar-refractivity contribution in [3.8, 4) is 11.3 Å². The first-order chi connectivity index (χ1) is 9.79. The molecular weight excluding hydrogens is 248 g/mol. The maximum atomic E-state index is 5.95. The van der Waals surface area contributed by atoms with Gasteiger partial charge in [-0.25, -0.2) is 9.98 Å². The van der Waals surface area contributed by atoms with Crippen molar-refractivity contribution in [1.82, 2.24) is 9.97 Å². The van der Waals surface area contributed by atoms with Crippen LogP contribution in [0.25, 0.3) is 11.3 Å². The SMILES string of the molecule is CCCCCCC(N)=Nc1ccc(-c2cnc[nH]2)cc1. The van der Waals surface area contributed by atoms with E-state index in [-0.39, 0.29) is 0 Å². The molecule has 0 saturated heterocycles. The monoisotopic (exact) mass is 270 g/mol. The third kappa shape index (κ3) is 4.23. The van der Waals surface area contributed by atoms with E-state index in [1.165, 1.54) is 19.3 Å². The first-order valence-corrected chi connectivity index (χ1v) is 7.21. The summed E-state index contributed by atoms with van der Waals surface area (Å²) in [6.07, 6.45) is 9.22. The molecule has 106 valence electrons. The van der Waals surface area contributed by atoms with Crippen molar-refractivity contribution >= 4 is 11.5 Å². The van der Waals surface area contributed by atoms with Gasteiger partial charge in [0.05, 0.1) is 29.7 Å². The van der Waals surface area contributed by atoms with Crippen LogP contribution >= 0.6 is 0 Å². The molecule has 2 aromatic rings. The maximum Gasteiger partial charge on any atom is 0.0996 e. The Morgan fingerprint density at radius 3 is 2.65 bits per heavy atom. The summed E-state index contributed by atoms with van der Waals surface area (Å²) in [6.45, 7) is 2.21. The van der Waals surface area contributed by atoms with Gasteiger partial charge in [-0.15, -0.1) is 0 Å². The largest absolute Gasteiger partial charge is 0.387 e. The molecule has 0 aliphatic carbocycles. The molecule has 0 radical (unpaired) electrons. The number of hydrogen-bond acceptors (Lipinski definition) is 2. The van der Waals surface area contributed by atoms with E-state index in [4.69, 9.17) is 5.73 Å². The summed E-state index contributed by atoms with van der Waals surface area (Å²) in [4.78, 5) is 11.5. The van der Waals surface area contributed by atoms with Crippen LogP contribution in [0, 0.1) is 0 Å². The molecule has 0 spiro atoms. The van der Waals surface area contributed by atoms with Crippen molar-refractivity contribution in [2.24, 2.45) is 10.7 Å². The number of nitrogens with two attached hydrogens (primary N) is 1. The van der Waals surface area contributed by atoms with Gasteiger partial charge in [0.1, 0.15) is 0 Å². The number of aliphatic imine (C=N–C) groups is 1. The third-order valence-corrected chi connectivity index (χ3v) is 3.24. The van der Waals surface area contributed by atoms with Crippen LogP contribution in [-0.2, 0) is 0 Å². The summed E-state index contributed by atoms with van der Waals surface area (Å²) in [6, 6.07) is 8.01. The van der Waals surface area contributed by atoms with E-state index in [2.05, 4.69) is 21.9 Å². The zero-order chi connectivity index (χ0) is 14.2. The van der Waals surface area contributed by atoms with E-state index >= 15 is 0 Å². The molecule has 0 aliphatic rings. The second-order valence-corrected chi connectivity index (χ2v) is 4.93. The molecule has 1 aromatic heterocycles. The average molecular weight is 270 g/mol. The second kappa shape index (κ2) is 7.48. The Hall–Kier alpha value is -2.10. The van der Waals surface area contributed by atoms with Gasteiger partial charge < -0.3 is 10.7 Å². The van der Waals surface area contributed by atoms with Gasteiger partial charge >= 0.3 is 0 Å². The summed E-state index contributed by atoms with van der Waals surface area (Å²) in [5.74, 6) is 0.718. The van der Waals surface area contributed by atoms with Gasteiger partial charge in [0.2, 0.25) is 0 Å². The van der Waals surface area contributed by atoms with Crippen LogP contribution in [0.1, 0.15) is 39.0 Å². The van der Waals surface area contributed by atoms with Gasteiger partial charge in [0.15, 0.2) is 0 Å². The first-order valence-electron chi connectivity index (χ1n) is 7.21. The van der Waals surface area contributed by atoms with Crippen molar-refractivity contribution < 1.29 is 0 Å². The number of nitrogens with one attached hydrogen (secondary N) is 1. The molecule has 3 N–H and O–H groups in total. The van der Waals surface area contributed by atoms with Crippen molar-refractivity contribution in [2.75, 3.05) is 0 Å². The van der Waals surface area contributed by atoms with E-state index in [9.17, 15) is 0 Å². The van der Waals surface area contributed by atoms with Crippen LogP contribution in [0.5, 0.6) is 0 Å². The second-order valence-electron chi connectivity index (χ2n) is 4.93. The van der Waals surface area contributed by atoms with E-state index in [0.717, 1.165) is 35.6 Å². The van der Waals surface area contributed by atoms with Gasteiger partial charge in [-0.3, -0.25) is 0 Å². The zero-order valence-corrected chi connectivity index (χ0v) is 12.0. The number of aromatic nitrogens is 2. The molecular formula is C16H22N4. The number of imidazole rings is 1. The normalized spacial score (nSPS) is 11.8. The molecule has 4 nitrogen and oxygen atoms in total. The van der Waals surface area contributed by atoms with E-state index in [1.807, 2.05) is 24.3 Å². The quantitative estimate of drug-likeness (QED) is 0.453. The topological polar surface area (TPSA) is 67.1 Å². The van der Waals surface area contributed by atoms with Crippen LogP contribution < -0.4 is 5.73 Å². The number of H-pyrrole nitrogens is 1. The molecule has 1 aromatic carbocycles. The van der Waals surface area contributed by atoms with Crippen LogP contribution in [0.4, 0.5) is 5.69 Å². The Kier molecular flexibility index (Phi) is 5.35. The number of nitrogens with zero attached hydrogens (tertiary/aromatic N) is 2. The predicted octanol–water partition coefficient (Wildman–Crippen LogP) is 4.04. The molecule has 20 heavy (non-hydrogen) atoms. The Morgan fingerprint density at radius 1 is 1.20 bits per heavy atom. The molecule has 0 saturated carbocycles. The molecule has 0 aliphatic heterocycles. The van der Waals surface area contributed by atoms with Crippen LogP contribution in [-0.4, -0.2) is 15.8 Å². The fraction of sp³-hybridized carbons (Fsp3) is 0.375. The van der Waals surface area contributed by atoms with Gasteiger partial charge in [-0.2, -0.15) is 0 Å². The fourth-order valence-electron chi connectivity index (χ4n) is 2.08. The van der Waals surface area contributed by atoms with Gasteiger partial charge in [-0.05, 0) is 24.1 Å². The number of hydrogen-bond donors (Lipinski definition) is 2. The van der Waals surface area contributed by atoms with Gasteiger partial charge in [0, 0.05) is 6.42 Å². The molecule has 1 heterocycles. The van der Waals surface area contributed by atoms with E-state index in [1.54, 1.807) is 12.5 Å². The lowest BCUT2D eigenvalue weighted by atomic mass is 10.1. The van der Waals surface area contributed by atoms with E-state index < -0.39 is 0 Å². The van der Waals surface area contributed by atoms with Crippen LogP contribution in [0.3, 0.4) is 0 Å². The Balaban J connectivity index is 1.92. The highest BCUT2D eigenvalue weighted by Crippen LogP contribution is 2.20. The van der Waals surface area contributed by atoms with Crippen molar-refractivity contribution in [1.29, 1.82) is 0 Å². The average Bonchev–Trinajstić information content (AvgIpc) is 2.99. The number of unbranched alkanes of at least 4 members (excludes halogenated alkanes) is 3. The van der Waals surface area contributed by atoms with Crippen LogP contribution in [0.15, 0.2) is 41.8 Å². The van der Waals surface area contributed by atoms with E-state index in [0.29, 0.717) is 0 Å². The molecule has 2 rings (SSSR count). The highest BCUT2D eigenvalue weighted by atomic mass is 14.9. The minimum Gasteiger partial charge on any atom is -0.387 e. The third-order valence-electron chi connectivity index (χ3n) is 3.24. The van der Waals surface area contributed by atoms with Crippen molar-refractivity contribution in [2.45, 2.75) is 39.0 Å². The number of amidine groups is 1. The van der Waals surface area contributed by atoms with Crippen LogP contribution in [0.2, 0.25) is 0 Å². The minimum atomic E-state index is 0.718. The molecule has 0 unspecified atom stereocenters. The number of rotatable bonds is 7. The minimum absolute atomic E-state index is 0.718. The zero-order valence-electron chi connectivity index (χ0n) is 12.0.